The van der Waals surface area contributed by atoms with Crippen LogP contribution in [0.25, 0.3) is 0 Å². The molecule has 0 saturated heterocycles. The van der Waals surface area contributed by atoms with E-state index in [1.165, 1.54) is 44.2 Å². The maximum absolute atomic E-state index is 12.3. The summed E-state index contributed by atoms with van der Waals surface area (Å²) in [5, 5.41) is 4.45. The number of thioether (sulfide) groups is 1. The van der Waals surface area contributed by atoms with Gasteiger partial charge >= 0.3 is 17.9 Å². The van der Waals surface area contributed by atoms with E-state index in [-0.39, 0.29) is 29.1 Å². The maximum atomic E-state index is 12.3. The molecule has 0 spiro atoms. The summed E-state index contributed by atoms with van der Waals surface area (Å²) in [4.78, 5) is 61.3. The van der Waals surface area contributed by atoms with Crippen molar-refractivity contribution in [3.63, 3.8) is 0 Å². The number of fused-ring (bicyclic) bond motifs is 1. The van der Waals surface area contributed by atoms with Crippen molar-refractivity contribution in [1.82, 2.24) is 0 Å². The van der Waals surface area contributed by atoms with Gasteiger partial charge in [-0.2, -0.15) is 0 Å². The second kappa shape index (κ2) is 10.6. The van der Waals surface area contributed by atoms with Gasteiger partial charge < -0.3 is 24.8 Å². The zero-order chi connectivity index (χ0) is 24.0. The van der Waals surface area contributed by atoms with Crippen LogP contribution in [0.15, 0.2) is 47.4 Å². The number of methoxy groups -OCH3 is 2. The van der Waals surface area contributed by atoms with Gasteiger partial charge in [-0.05, 0) is 30.3 Å². The number of carbonyl (C=O) groups is 5. The number of hydrogen-bond donors (Lipinski definition) is 2. The molecule has 172 valence electrons. The largest absolute Gasteiger partial charge is 0.465 e. The van der Waals surface area contributed by atoms with Gasteiger partial charge in [0, 0.05) is 4.90 Å². The highest BCUT2D eigenvalue weighted by atomic mass is 32.2. The van der Waals surface area contributed by atoms with Gasteiger partial charge in [0.15, 0.2) is 6.61 Å². The summed E-state index contributed by atoms with van der Waals surface area (Å²) in [6.07, 6.45) is -0.233. The van der Waals surface area contributed by atoms with Crippen molar-refractivity contribution in [2.75, 3.05) is 31.5 Å². The molecule has 1 heterocycles. The number of para-hydroxylation sites is 1. The van der Waals surface area contributed by atoms with E-state index in [4.69, 9.17) is 4.74 Å². The van der Waals surface area contributed by atoms with Crippen LogP contribution in [0.1, 0.15) is 27.1 Å². The van der Waals surface area contributed by atoms with Crippen molar-refractivity contribution in [3.8, 4) is 0 Å². The second-order valence-electron chi connectivity index (χ2n) is 6.75. The van der Waals surface area contributed by atoms with Crippen LogP contribution in [0.2, 0.25) is 0 Å². The van der Waals surface area contributed by atoms with Gasteiger partial charge in [0.05, 0.1) is 48.4 Å². The van der Waals surface area contributed by atoms with E-state index in [1.54, 1.807) is 12.1 Å². The molecular weight excluding hydrogens is 452 g/mol. The van der Waals surface area contributed by atoms with Gasteiger partial charge in [0.2, 0.25) is 5.91 Å². The molecule has 3 rings (SSSR count). The van der Waals surface area contributed by atoms with E-state index in [9.17, 15) is 24.0 Å². The summed E-state index contributed by atoms with van der Waals surface area (Å²) in [5.41, 5.74) is 0.758. The predicted molar refractivity (Wildman–Crippen MR) is 118 cm³/mol. The van der Waals surface area contributed by atoms with Gasteiger partial charge in [0.25, 0.3) is 5.91 Å². The number of anilines is 2. The van der Waals surface area contributed by atoms with Crippen LogP contribution in [-0.4, -0.2) is 55.8 Å². The minimum absolute atomic E-state index is 0.00114. The highest BCUT2D eigenvalue weighted by Gasteiger charge is 2.29. The molecular formula is C22H20N2O8S. The Morgan fingerprint density at radius 1 is 1.03 bits per heavy atom. The number of nitrogens with one attached hydrogen (secondary N) is 2. The molecule has 0 radical (unpaired) electrons. The van der Waals surface area contributed by atoms with E-state index >= 15 is 0 Å². The highest BCUT2D eigenvalue weighted by molar-refractivity contribution is 8.01. The molecule has 0 aliphatic carbocycles. The molecule has 1 unspecified atom stereocenters. The molecule has 0 aromatic heterocycles. The van der Waals surface area contributed by atoms with Crippen molar-refractivity contribution in [2.45, 2.75) is 16.6 Å². The Morgan fingerprint density at radius 2 is 1.76 bits per heavy atom. The average molecular weight is 472 g/mol. The molecule has 2 N–H and O–H groups in total. The first-order chi connectivity index (χ1) is 15.8. The van der Waals surface area contributed by atoms with Crippen LogP contribution in [0.3, 0.4) is 0 Å². The molecule has 1 aliphatic rings. The number of amides is 2. The predicted octanol–water partition coefficient (Wildman–Crippen LogP) is 2.24. The molecule has 2 aromatic carbocycles. The second-order valence-corrected chi connectivity index (χ2v) is 7.99. The van der Waals surface area contributed by atoms with E-state index in [1.807, 2.05) is 12.1 Å². The zero-order valence-electron chi connectivity index (χ0n) is 17.7. The summed E-state index contributed by atoms with van der Waals surface area (Å²) in [7, 11) is 2.36. The molecule has 11 heteroatoms. The molecule has 2 amide bonds. The molecule has 0 fully saturated rings. The fourth-order valence-electron chi connectivity index (χ4n) is 2.95. The fraction of sp³-hybridized carbons (Fsp3) is 0.227. The van der Waals surface area contributed by atoms with Crippen LogP contribution in [0.4, 0.5) is 11.4 Å². The third-order valence-electron chi connectivity index (χ3n) is 4.54. The molecule has 0 bridgehead atoms. The van der Waals surface area contributed by atoms with E-state index < -0.39 is 35.7 Å². The molecule has 1 atom stereocenters. The Labute approximate surface area is 193 Å². The summed E-state index contributed by atoms with van der Waals surface area (Å²) < 4.78 is 14.3. The minimum Gasteiger partial charge on any atom is -0.465 e. The molecule has 33 heavy (non-hydrogen) atoms. The topological polar surface area (TPSA) is 137 Å². The number of rotatable bonds is 7. The van der Waals surface area contributed by atoms with Gasteiger partial charge in [-0.3, -0.25) is 14.4 Å². The number of hydrogen-bond acceptors (Lipinski definition) is 9. The third-order valence-corrected chi connectivity index (χ3v) is 5.82. The lowest BCUT2D eigenvalue weighted by Gasteiger charge is -2.23. The van der Waals surface area contributed by atoms with Crippen molar-refractivity contribution in [2.24, 2.45) is 0 Å². The van der Waals surface area contributed by atoms with Gasteiger partial charge in [0.1, 0.15) is 0 Å². The normalized spacial score (nSPS) is 14.4. The minimum atomic E-state index is -0.749. The van der Waals surface area contributed by atoms with E-state index in [0.29, 0.717) is 5.69 Å². The van der Waals surface area contributed by atoms with E-state index in [0.717, 1.165) is 4.90 Å². The Kier molecular flexibility index (Phi) is 7.67. The summed E-state index contributed by atoms with van der Waals surface area (Å²) >= 11 is 1.24. The van der Waals surface area contributed by atoms with Crippen LogP contribution in [0, 0.1) is 0 Å². The van der Waals surface area contributed by atoms with Crippen molar-refractivity contribution in [3.05, 3.63) is 53.6 Å². The fourth-order valence-corrected chi connectivity index (χ4v) is 4.05. The SMILES string of the molecule is COC(=O)c1ccc(C(=O)OC)c(NC(=O)COC(=O)CC2Sc3ccccc3NC2=O)c1. The third kappa shape index (κ3) is 5.89. The first kappa shape index (κ1) is 23.8. The number of benzene rings is 2. The lowest BCUT2D eigenvalue weighted by atomic mass is 10.1. The van der Waals surface area contributed by atoms with Gasteiger partial charge in [-0.25, -0.2) is 9.59 Å². The Bertz CT molecular complexity index is 1120. The molecule has 10 nitrogen and oxygen atoms in total. The Morgan fingerprint density at radius 3 is 2.48 bits per heavy atom. The summed E-state index contributed by atoms with van der Waals surface area (Å²) in [5.74, 6) is -3.23. The van der Waals surface area contributed by atoms with Crippen LogP contribution < -0.4 is 10.6 Å². The number of ether oxygens (including phenoxy) is 3. The molecule has 2 aromatic rings. The summed E-state index contributed by atoms with van der Waals surface area (Å²) in [6.45, 7) is -0.655. The first-order valence-corrected chi connectivity index (χ1v) is 10.5. The van der Waals surface area contributed by atoms with Crippen LogP contribution in [-0.2, 0) is 28.6 Å². The standard InChI is InChI=1S/C22H20N2O8S/c1-30-21(28)12-7-8-13(22(29)31-2)15(9-12)23-18(25)11-32-19(26)10-17-20(27)24-14-5-3-4-6-16(14)33-17/h3-9,17H,10-11H2,1-2H3,(H,23,25)(H,24,27). The first-order valence-electron chi connectivity index (χ1n) is 9.65. The smallest absolute Gasteiger partial charge is 0.339 e. The van der Waals surface area contributed by atoms with Crippen LogP contribution in [0.5, 0.6) is 0 Å². The number of carbonyl (C=O) groups excluding carboxylic acids is 5. The zero-order valence-corrected chi connectivity index (χ0v) is 18.5. The maximum Gasteiger partial charge on any atom is 0.339 e. The lowest BCUT2D eigenvalue weighted by Crippen LogP contribution is -2.32. The van der Waals surface area contributed by atoms with Crippen molar-refractivity contribution < 1.29 is 38.2 Å². The highest BCUT2D eigenvalue weighted by Crippen LogP contribution is 2.36. The quantitative estimate of drug-likeness (QED) is 0.459. The lowest BCUT2D eigenvalue weighted by molar-refractivity contribution is -0.147. The van der Waals surface area contributed by atoms with Crippen LogP contribution >= 0.6 is 11.8 Å². The Hall–Kier alpha value is -3.86. The molecule has 0 saturated carbocycles. The van der Waals surface area contributed by atoms with Crippen molar-refractivity contribution in [1.29, 1.82) is 0 Å². The van der Waals surface area contributed by atoms with Gasteiger partial charge in [-0.1, -0.05) is 12.1 Å². The van der Waals surface area contributed by atoms with E-state index in [2.05, 4.69) is 20.1 Å². The average Bonchev–Trinajstić information content (AvgIpc) is 2.82. The van der Waals surface area contributed by atoms with Gasteiger partial charge in [-0.15, -0.1) is 11.8 Å². The number of esters is 3. The monoisotopic (exact) mass is 472 g/mol. The summed E-state index contributed by atoms with van der Waals surface area (Å²) in [6, 6.07) is 11.1. The van der Waals surface area contributed by atoms with Crippen molar-refractivity contribution >= 4 is 52.9 Å². The molecule has 1 aliphatic heterocycles. The Balaban J connectivity index is 1.60.